The maximum Gasteiger partial charge on any atom is 0.262 e. The van der Waals surface area contributed by atoms with Crippen molar-refractivity contribution in [1.29, 1.82) is 0 Å². The molecular weight excluding hydrogens is 180 g/mol. The molecule has 0 radical (unpaired) electrons. The average molecular weight is 192 g/mol. The molecule has 14 heavy (non-hydrogen) atoms. The Bertz CT molecular complexity index is 352. The summed E-state index contributed by atoms with van der Waals surface area (Å²) < 4.78 is 5.51. The molecule has 1 amide bonds. The quantitative estimate of drug-likeness (QED) is 0.685. The molecule has 2 rings (SSSR count). The second-order valence-electron chi connectivity index (χ2n) is 3.10. The molecule has 0 aliphatic carbocycles. The van der Waals surface area contributed by atoms with Gasteiger partial charge in [0.1, 0.15) is 5.75 Å². The van der Waals surface area contributed by atoms with Crippen LogP contribution in [0.3, 0.4) is 0 Å². The summed E-state index contributed by atoms with van der Waals surface area (Å²) in [5.41, 5.74) is 0.938. The van der Waals surface area contributed by atoms with E-state index in [2.05, 4.69) is 10.6 Å². The molecule has 4 nitrogen and oxygen atoms in total. The summed E-state index contributed by atoms with van der Waals surface area (Å²) in [4.78, 5) is 11.3. The molecule has 0 aromatic heterocycles. The van der Waals surface area contributed by atoms with Crippen LogP contribution in [0.5, 0.6) is 5.75 Å². The number of likely N-dealkylation sites (N-methyl/N-ethyl adjacent to an activating group) is 1. The van der Waals surface area contributed by atoms with Crippen LogP contribution in [0, 0.1) is 0 Å². The van der Waals surface area contributed by atoms with Gasteiger partial charge < -0.3 is 15.4 Å². The van der Waals surface area contributed by atoms with E-state index >= 15 is 0 Å². The number of para-hydroxylation sites is 2. The first-order chi connectivity index (χ1) is 6.81. The monoisotopic (exact) mass is 192 g/mol. The van der Waals surface area contributed by atoms with E-state index in [4.69, 9.17) is 4.74 Å². The highest BCUT2D eigenvalue weighted by Crippen LogP contribution is 2.27. The van der Waals surface area contributed by atoms with Crippen LogP contribution < -0.4 is 15.4 Å². The first-order valence-electron chi connectivity index (χ1n) is 4.52. The molecule has 0 unspecified atom stereocenters. The van der Waals surface area contributed by atoms with Crippen LogP contribution in [-0.2, 0) is 4.79 Å². The molecule has 1 aliphatic rings. The third-order valence-corrected chi connectivity index (χ3v) is 2.17. The van der Waals surface area contributed by atoms with E-state index in [0.29, 0.717) is 6.54 Å². The predicted molar refractivity (Wildman–Crippen MR) is 53.4 cm³/mol. The Morgan fingerprint density at radius 2 is 2.36 bits per heavy atom. The van der Waals surface area contributed by atoms with Crippen LogP contribution in [0.2, 0.25) is 0 Å². The Morgan fingerprint density at radius 1 is 1.57 bits per heavy atom. The van der Waals surface area contributed by atoms with Crippen LogP contribution in [0.25, 0.3) is 0 Å². The molecule has 0 saturated carbocycles. The van der Waals surface area contributed by atoms with Gasteiger partial charge in [0.2, 0.25) is 0 Å². The summed E-state index contributed by atoms with van der Waals surface area (Å²) in [6, 6.07) is 7.58. The van der Waals surface area contributed by atoms with Crippen LogP contribution in [0.15, 0.2) is 24.3 Å². The van der Waals surface area contributed by atoms with Crippen molar-refractivity contribution < 1.29 is 9.53 Å². The van der Waals surface area contributed by atoms with Crippen molar-refractivity contribution in [3.8, 4) is 5.75 Å². The zero-order valence-electron chi connectivity index (χ0n) is 7.91. The van der Waals surface area contributed by atoms with Gasteiger partial charge in [-0.25, -0.2) is 0 Å². The number of benzene rings is 1. The summed E-state index contributed by atoms with van der Waals surface area (Å²) in [5.74, 6) is 0.624. The highest BCUT2D eigenvalue weighted by atomic mass is 16.5. The Balaban J connectivity index is 2.17. The number of fused-ring (bicyclic) bond motifs is 1. The minimum atomic E-state index is -0.435. The van der Waals surface area contributed by atoms with E-state index < -0.39 is 6.10 Å². The fraction of sp³-hybridized carbons (Fsp3) is 0.300. The van der Waals surface area contributed by atoms with Crippen LogP contribution in [0.4, 0.5) is 5.69 Å². The molecule has 74 valence electrons. The number of hydrogen-bond donors (Lipinski definition) is 2. The first-order valence-corrected chi connectivity index (χ1v) is 4.52. The summed E-state index contributed by atoms with van der Waals surface area (Å²) in [6.45, 7) is 0.511. The molecule has 1 aromatic carbocycles. The SMILES string of the molecule is CNC(=O)[C@H]1CNc2ccccc2O1. The smallest absolute Gasteiger partial charge is 0.262 e. The zero-order chi connectivity index (χ0) is 9.97. The van der Waals surface area contributed by atoms with Gasteiger partial charge in [0, 0.05) is 7.05 Å². The van der Waals surface area contributed by atoms with Gasteiger partial charge in [-0.15, -0.1) is 0 Å². The third-order valence-electron chi connectivity index (χ3n) is 2.17. The summed E-state index contributed by atoms with van der Waals surface area (Å²) >= 11 is 0. The molecule has 0 saturated heterocycles. The largest absolute Gasteiger partial charge is 0.477 e. The fourth-order valence-electron chi connectivity index (χ4n) is 1.42. The minimum Gasteiger partial charge on any atom is -0.477 e. The van der Waals surface area contributed by atoms with Gasteiger partial charge >= 0.3 is 0 Å². The van der Waals surface area contributed by atoms with Gasteiger partial charge in [0.25, 0.3) is 5.91 Å². The van der Waals surface area contributed by atoms with Crippen LogP contribution in [0.1, 0.15) is 0 Å². The fourth-order valence-corrected chi connectivity index (χ4v) is 1.42. The van der Waals surface area contributed by atoms with Gasteiger partial charge in [-0.05, 0) is 12.1 Å². The van der Waals surface area contributed by atoms with E-state index in [1.807, 2.05) is 24.3 Å². The Labute approximate surface area is 82.3 Å². The van der Waals surface area contributed by atoms with Crippen LogP contribution >= 0.6 is 0 Å². The topological polar surface area (TPSA) is 50.4 Å². The maximum atomic E-state index is 11.3. The van der Waals surface area contributed by atoms with Crippen molar-refractivity contribution in [2.45, 2.75) is 6.10 Å². The lowest BCUT2D eigenvalue weighted by atomic mass is 10.2. The number of carbonyl (C=O) groups is 1. The maximum absolute atomic E-state index is 11.3. The van der Waals surface area contributed by atoms with Crippen molar-refractivity contribution in [1.82, 2.24) is 5.32 Å². The number of carbonyl (C=O) groups excluding carboxylic acids is 1. The highest BCUT2D eigenvalue weighted by molar-refractivity contribution is 5.82. The van der Waals surface area contributed by atoms with E-state index in [0.717, 1.165) is 11.4 Å². The number of amides is 1. The number of rotatable bonds is 1. The zero-order valence-corrected chi connectivity index (χ0v) is 7.91. The second kappa shape index (κ2) is 3.57. The van der Waals surface area contributed by atoms with Crippen molar-refractivity contribution >= 4 is 11.6 Å². The van der Waals surface area contributed by atoms with Gasteiger partial charge in [-0.2, -0.15) is 0 Å². The molecular formula is C10H12N2O2. The van der Waals surface area contributed by atoms with Gasteiger partial charge in [0.05, 0.1) is 12.2 Å². The highest BCUT2D eigenvalue weighted by Gasteiger charge is 2.24. The van der Waals surface area contributed by atoms with E-state index in [1.54, 1.807) is 7.05 Å². The van der Waals surface area contributed by atoms with Gasteiger partial charge in [-0.1, -0.05) is 12.1 Å². The molecule has 0 fully saturated rings. The molecule has 1 aromatic rings. The number of nitrogens with one attached hydrogen (secondary N) is 2. The molecule has 1 atom stereocenters. The van der Waals surface area contributed by atoms with Gasteiger partial charge in [-0.3, -0.25) is 4.79 Å². The predicted octanol–water partition coefficient (Wildman–Crippen LogP) is 0.605. The van der Waals surface area contributed by atoms with E-state index in [9.17, 15) is 4.79 Å². The lowest BCUT2D eigenvalue weighted by molar-refractivity contribution is -0.127. The summed E-state index contributed by atoms with van der Waals surface area (Å²) in [7, 11) is 1.60. The second-order valence-corrected chi connectivity index (χ2v) is 3.10. The molecule has 4 heteroatoms. The van der Waals surface area contributed by atoms with Gasteiger partial charge in [0.15, 0.2) is 6.10 Å². The molecule has 1 aliphatic heterocycles. The molecule has 0 spiro atoms. The molecule has 0 bridgehead atoms. The standard InChI is InChI=1S/C10H12N2O2/c1-11-10(13)9-6-12-7-4-2-3-5-8(7)14-9/h2-5,9,12H,6H2,1H3,(H,11,13)/t9-/m1/s1. The minimum absolute atomic E-state index is 0.105. The normalized spacial score (nSPS) is 18.8. The molecule has 1 heterocycles. The number of anilines is 1. The van der Waals surface area contributed by atoms with Crippen LogP contribution in [-0.4, -0.2) is 25.6 Å². The molecule has 2 N–H and O–H groups in total. The Morgan fingerprint density at radius 3 is 3.14 bits per heavy atom. The van der Waals surface area contributed by atoms with E-state index in [-0.39, 0.29) is 5.91 Å². The van der Waals surface area contributed by atoms with Crippen molar-refractivity contribution in [3.05, 3.63) is 24.3 Å². The lowest BCUT2D eigenvalue weighted by Gasteiger charge is -2.25. The Hall–Kier alpha value is -1.71. The lowest BCUT2D eigenvalue weighted by Crippen LogP contribution is -2.43. The Kier molecular flexibility index (Phi) is 2.26. The average Bonchev–Trinajstić information content (AvgIpc) is 2.27. The van der Waals surface area contributed by atoms with Crippen molar-refractivity contribution in [2.75, 3.05) is 18.9 Å². The third kappa shape index (κ3) is 1.51. The number of ether oxygens (including phenoxy) is 1. The van der Waals surface area contributed by atoms with Crippen molar-refractivity contribution in [3.63, 3.8) is 0 Å². The van der Waals surface area contributed by atoms with E-state index in [1.165, 1.54) is 0 Å². The summed E-state index contributed by atoms with van der Waals surface area (Å²) in [6.07, 6.45) is -0.435. The van der Waals surface area contributed by atoms with Crippen molar-refractivity contribution in [2.24, 2.45) is 0 Å². The summed E-state index contributed by atoms with van der Waals surface area (Å²) in [5, 5.41) is 5.70. The number of hydrogen-bond acceptors (Lipinski definition) is 3. The first kappa shape index (κ1) is 8.87.